The van der Waals surface area contributed by atoms with Crippen LogP contribution in [0.15, 0.2) is 11.6 Å². The predicted molar refractivity (Wildman–Crippen MR) is 225 cm³/mol. The molecule has 3 heterocycles. The highest BCUT2D eigenvalue weighted by atomic mass is 16.8. The van der Waals surface area contributed by atoms with Crippen LogP contribution in [0.3, 0.4) is 0 Å². The van der Waals surface area contributed by atoms with E-state index in [-0.39, 0.29) is 46.7 Å². The number of rotatable bonds is 9. The van der Waals surface area contributed by atoms with Crippen LogP contribution in [-0.2, 0) is 33.2 Å². The second-order valence-corrected chi connectivity index (χ2v) is 22.8. The van der Waals surface area contributed by atoms with Crippen molar-refractivity contribution in [2.24, 2.45) is 50.2 Å². The topological polar surface area (TPSA) is 275 Å². The molecule has 10 N–H and O–H groups in total. The molecule has 366 valence electrons. The van der Waals surface area contributed by atoms with Crippen LogP contribution in [0.25, 0.3) is 0 Å². The highest BCUT2D eigenvalue weighted by molar-refractivity contribution is 5.76. The maximum atomic E-state index is 13.2. The number of hydrogen-bond donors (Lipinski definition) is 10. The minimum Gasteiger partial charge on any atom is -0.481 e. The molecule has 5 aliphatic carbocycles. The van der Waals surface area contributed by atoms with E-state index in [0.717, 1.165) is 32.1 Å². The summed E-state index contributed by atoms with van der Waals surface area (Å²) in [5, 5.41) is 107. The molecule has 64 heavy (non-hydrogen) atoms. The van der Waals surface area contributed by atoms with Crippen LogP contribution in [0.1, 0.15) is 113 Å². The third kappa shape index (κ3) is 7.49. The Morgan fingerprint density at radius 1 is 0.719 bits per heavy atom. The Morgan fingerprint density at radius 3 is 2.02 bits per heavy atom. The number of ether oxygens (including phenoxy) is 6. The van der Waals surface area contributed by atoms with Gasteiger partial charge in [-0.3, -0.25) is 4.79 Å². The first-order valence-electron chi connectivity index (χ1n) is 23.7. The lowest BCUT2D eigenvalue weighted by atomic mass is 9.33. The number of hydrogen-bond acceptors (Lipinski definition) is 16. The van der Waals surface area contributed by atoms with Crippen molar-refractivity contribution in [3.8, 4) is 0 Å². The summed E-state index contributed by atoms with van der Waals surface area (Å²) in [6.07, 6.45) is -11.7. The van der Waals surface area contributed by atoms with Crippen molar-refractivity contribution in [3.63, 3.8) is 0 Å². The van der Waals surface area contributed by atoms with Gasteiger partial charge in [-0.1, -0.05) is 53.2 Å². The van der Waals surface area contributed by atoms with Gasteiger partial charge in [0.1, 0.15) is 61.0 Å². The fourth-order valence-corrected chi connectivity index (χ4v) is 14.9. The molecule has 0 spiro atoms. The van der Waals surface area contributed by atoms with Gasteiger partial charge < -0.3 is 79.5 Å². The van der Waals surface area contributed by atoms with Crippen molar-refractivity contribution in [2.75, 3.05) is 19.8 Å². The molecular weight excluding hydrogens is 837 g/mol. The van der Waals surface area contributed by atoms with E-state index in [1.807, 2.05) is 0 Å². The normalized spacial score (nSPS) is 55.0. The summed E-state index contributed by atoms with van der Waals surface area (Å²) in [5.41, 5.74) is -0.780. The van der Waals surface area contributed by atoms with Gasteiger partial charge in [0.15, 0.2) is 18.9 Å². The molecule has 0 bridgehead atoms. The summed E-state index contributed by atoms with van der Waals surface area (Å²) in [5.74, 6) is -0.374. The van der Waals surface area contributed by atoms with E-state index < -0.39 is 116 Å². The molecule has 0 aromatic rings. The van der Waals surface area contributed by atoms with Gasteiger partial charge >= 0.3 is 5.97 Å². The molecule has 4 saturated carbocycles. The van der Waals surface area contributed by atoms with Crippen molar-refractivity contribution in [1.82, 2.24) is 0 Å². The van der Waals surface area contributed by atoms with Crippen molar-refractivity contribution in [1.29, 1.82) is 0 Å². The van der Waals surface area contributed by atoms with E-state index >= 15 is 0 Å². The molecule has 0 amide bonds. The fourth-order valence-electron chi connectivity index (χ4n) is 14.9. The van der Waals surface area contributed by atoms with Crippen LogP contribution < -0.4 is 0 Å². The van der Waals surface area contributed by atoms with Gasteiger partial charge in [0, 0.05) is 6.61 Å². The van der Waals surface area contributed by atoms with E-state index in [1.165, 1.54) is 12.5 Å². The van der Waals surface area contributed by atoms with E-state index in [4.69, 9.17) is 28.4 Å². The average molecular weight is 913 g/mol. The first kappa shape index (κ1) is 49.0. The third-order valence-electron chi connectivity index (χ3n) is 19.2. The molecule has 8 aliphatic rings. The Kier molecular flexibility index (Phi) is 13.2. The molecule has 3 saturated heterocycles. The molecule has 17 heteroatoms. The summed E-state index contributed by atoms with van der Waals surface area (Å²) >= 11 is 0. The summed E-state index contributed by atoms with van der Waals surface area (Å²) in [6, 6.07) is 0. The number of carboxylic acids is 1. The quantitative estimate of drug-likeness (QED) is 0.116. The Bertz CT molecular complexity index is 1750. The molecular formula is C47H76O17. The average Bonchev–Trinajstić information content (AvgIpc) is 3.25. The predicted octanol–water partition coefficient (Wildman–Crippen LogP) is 1.35. The smallest absolute Gasteiger partial charge is 0.310 e. The number of aliphatic carboxylic acids is 1. The van der Waals surface area contributed by atoms with E-state index in [9.17, 15) is 55.9 Å². The monoisotopic (exact) mass is 913 g/mol. The van der Waals surface area contributed by atoms with Crippen LogP contribution >= 0.6 is 0 Å². The number of fused-ring (bicyclic) bond motifs is 7. The van der Waals surface area contributed by atoms with Crippen LogP contribution in [0, 0.1) is 50.2 Å². The lowest BCUT2D eigenvalue weighted by Gasteiger charge is -2.71. The third-order valence-corrected chi connectivity index (χ3v) is 19.2. The summed E-state index contributed by atoms with van der Waals surface area (Å²) in [6.45, 7) is 14.3. The van der Waals surface area contributed by atoms with Crippen molar-refractivity contribution in [3.05, 3.63) is 11.6 Å². The van der Waals surface area contributed by atoms with Crippen LogP contribution in [0.4, 0.5) is 0 Å². The highest BCUT2D eigenvalue weighted by Crippen LogP contribution is 2.76. The molecule has 0 aromatic carbocycles. The van der Waals surface area contributed by atoms with Gasteiger partial charge in [0.2, 0.25) is 0 Å². The number of aliphatic hydroxyl groups excluding tert-OH is 9. The van der Waals surface area contributed by atoms with E-state index in [2.05, 4.69) is 47.6 Å². The Balaban J connectivity index is 1.07. The van der Waals surface area contributed by atoms with Crippen LogP contribution in [0.2, 0.25) is 0 Å². The maximum absolute atomic E-state index is 13.2. The summed E-state index contributed by atoms with van der Waals surface area (Å²) in [4.78, 5) is 13.2. The number of carboxylic acid groups (broad SMARTS) is 1. The van der Waals surface area contributed by atoms with Crippen molar-refractivity contribution >= 4 is 5.97 Å². The zero-order chi connectivity index (χ0) is 46.7. The van der Waals surface area contributed by atoms with E-state index in [0.29, 0.717) is 38.0 Å². The summed E-state index contributed by atoms with van der Waals surface area (Å²) < 4.78 is 37.1. The zero-order valence-corrected chi connectivity index (χ0v) is 38.5. The van der Waals surface area contributed by atoms with Crippen molar-refractivity contribution in [2.45, 2.75) is 205 Å². The molecule has 23 unspecified atom stereocenters. The van der Waals surface area contributed by atoms with Gasteiger partial charge in [-0.15, -0.1) is 0 Å². The van der Waals surface area contributed by atoms with Crippen molar-refractivity contribution < 1.29 is 84.3 Å². The van der Waals surface area contributed by atoms with Crippen LogP contribution in [-0.4, -0.2) is 169 Å². The highest BCUT2D eigenvalue weighted by Gasteiger charge is 2.70. The minimum absolute atomic E-state index is 0.0369. The largest absolute Gasteiger partial charge is 0.481 e. The first-order valence-corrected chi connectivity index (χ1v) is 23.7. The van der Waals surface area contributed by atoms with Gasteiger partial charge in [-0.25, -0.2) is 0 Å². The Morgan fingerprint density at radius 2 is 1.36 bits per heavy atom. The molecule has 3 aliphatic heterocycles. The summed E-state index contributed by atoms with van der Waals surface area (Å²) in [7, 11) is 0. The number of aliphatic hydroxyl groups is 9. The molecule has 0 aromatic heterocycles. The molecule has 7 fully saturated rings. The van der Waals surface area contributed by atoms with E-state index in [1.54, 1.807) is 0 Å². The SMILES string of the molecule is CC1OC(OC2C(OC3CCC4(C)C(CCC5(C)C4CC=C4C6CC(C)(CO)CCC6(C(=O)O)CCC45C)C3(C)C)OCC(O)C2OC2OC(CO)C(O)C(O)C2O)C(O)C(O)C1O. The second kappa shape index (κ2) is 17.2. The van der Waals surface area contributed by atoms with Gasteiger partial charge in [0.05, 0.1) is 30.8 Å². The fraction of sp³-hybridized carbons (Fsp3) is 0.936. The lowest BCUT2D eigenvalue weighted by molar-refractivity contribution is -0.388. The van der Waals surface area contributed by atoms with Crippen LogP contribution in [0.5, 0.6) is 0 Å². The molecule has 8 rings (SSSR count). The lowest BCUT2D eigenvalue weighted by Crippen LogP contribution is -2.67. The minimum atomic E-state index is -1.81. The van der Waals surface area contributed by atoms with Gasteiger partial charge in [-0.05, 0) is 116 Å². The molecule has 23 atom stereocenters. The molecule has 17 nitrogen and oxygen atoms in total. The number of carbonyl (C=O) groups is 1. The molecule has 0 radical (unpaired) electrons. The van der Waals surface area contributed by atoms with Gasteiger partial charge in [0.25, 0.3) is 0 Å². The van der Waals surface area contributed by atoms with Gasteiger partial charge in [-0.2, -0.15) is 0 Å². The Labute approximate surface area is 376 Å². The zero-order valence-electron chi connectivity index (χ0n) is 38.5. The second-order valence-electron chi connectivity index (χ2n) is 22.8. The standard InChI is InChI=1S/C47H76O17/c1-22-30(51)32(53)34(55)38(60-22)64-37-36(63-39-35(56)33(54)31(52)26(19-48)61-39)25(50)20-59-40(37)62-29-11-12-44(5)27(42(29,2)3)10-13-46(7)28(44)9-8-23-24-18-43(4,21-49)14-16-47(24,41(57)58)17-15-45(23,46)6/h8,22,24-40,48-56H,9-21H2,1-7H3,(H,57,58). The Hall–Kier alpha value is -1.39. The maximum Gasteiger partial charge on any atom is 0.310 e. The first-order chi connectivity index (χ1) is 29.9. The number of allylic oxidation sites excluding steroid dienone is 2.